The third kappa shape index (κ3) is 2.01. The zero-order chi connectivity index (χ0) is 10.0. The molecule has 3 heteroatoms. The van der Waals surface area contributed by atoms with Gasteiger partial charge in [0.05, 0.1) is 0 Å². The van der Waals surface area contributed by atoms with E-state index >= 15 is 0 Å². The fourth-order valence-electron chi connectivity index (χ4n) is 1.35. The third-order valence-electron chi connectivity index (χ3n) is 2.01. The Morgan fingerprint density at radius 3 is 2.23 bits per heavy atom. The van der Waals surface area contributed by atoms with Crippen LogP contribution in [-0.2, 0) is 4.79 Å². The van der Waals surface area contributed by atoms with Crippen molar-refractivity contribution in [3.8, 4) is 0 Å². The Bertz CT molecular complexity index is 313. The lowest BCUT2D eigenvalue weighted by Crippen LogP contribution is -2.08. The molecule has 2 nitrogen and oxygen atoms in total. The summed E-state index contributed by atoms with van der Waals surface area (Å²) in [5.41, 5.74) is 2.54. The zero-order valence-electron chi connectivity index (χ0n) is 7.54. The Balaban J connectivity index is 3.20. The number of rotatable bonds is 2. The highest BCUT2D eigenvalue weighted by Crippen LogP contribution is 2.26. The van der Waals surface area contributed by atoms with Crippen molar-refractivity contribution in [2.75, 3.05) is 0 Å². The minimum absolute atomic E-state index is 0.705. The SMILES string of the molecule is Cc1cccc(C)c1C(Cl)C(=O)O. The summed E-state index contributed by atoms with van der Waals surface area (Å²) in [6, 6.07) is 5.61. The monoisotopic (exact) mass is 198 g/mol. The van der Waals surface area contributed by atoms with Crippen molar-refractivity contribution in [3.05, 3.63) is 34.9 Å². The largest absolute Gasteiger partial charge is 0.480 e. The summed E-state index contributed by atoms with van der Waals surface area (Å²) in [6.07, 6.45) is 0. The first kappa shape index (κ1) is 10.1. The van der Waals surface area contributed by atoms with Crippen LogP contribution in [0.15, 0.2) is 18.2 Å². The first-order valence-electron chi connectivity index (χ1n) is 3.97. The van der Waals surface area contributed by atoms with Crippen LogP contribution in [0.4, 0.5) is 0 Å². The van der Waals surface area contributed by atoms with Crippen molar-refractivity contribution in [3.63, 3.8) is 0 Å². The maximum absolute atomic E-state index is 10.7. The standard InChI is InChI=1S/C10H11ClO2/c1-6-4-3-5-7(2)8(6)9(11)10(12)13/h3-5,9H,1-2H3,(H,12,13). The van der Waals surface area contributed by atoms with Gasteiger partial charge in [-0.3, -0.25) is 4.79 Å². The molecule has 0 aliphatic carbocycles. The molecule has 1 unspecified atom stereocenters. The Labute approximate surface area is 82.2 Å². The van der Waals surface area contributed by atoms with Gasteiger partial charge in [-0.2, -0.15) is 0 Å². The Hall–Kier alpha value is -1.02. The van der Waals surface area contributed by atoms with Crippen LogP contribution in [0.2, 0.25) is 0 Å². The van der Waals surface area contributed by atoms with E-state index in [0.717, 1.165) is 11.1 Å². The highest BCUT2D eigenvalue weighted by molar-refractivity contribution is 6.29. The van der Waals surface area contributed by atoms with Gasteiger partial charge in [0.2, 0.25) is 0 Å². The third-order valence-corrected chi connectivity index (χ3v) is 2.42. The summed E-state index contributed by atoms with van der Waals surface area (Å²) in [4.78, 5) is 10.7. The molecule has 0 amide bonds. The van der Waals surface area contributed by atoms with Crippen molar-refractivity contribution in [1.82, 2.24) is 0 Å². The number of hydrogen-bond donors (Lipinski definition) is 1. The van der Waals surface area contributed by atoms with Gasteiger partial charge >= 0.3 is 5.97 Å². The number of alkyl halides is 1. The van der Waals surface area contributed by atoms with Gasteiger partial charge in [-0.05, 0) is 30.5 Å². The molecule has 0 bridgehead atoms. The van der Waals surface area contributed by atoms with Crippen molar-refractivity contribution < 1.29 is 9.90 Å². The van der Waals surface area contributed by atoms with Crippen molar-refractivity contribution >= 4 is 17.6 Å². The second kappa shape index (κ2) is 3.79. The van der Waals surface area contributed by atoms with Crippen LogP contribution < -0.4 is 0 Å². The molecule has 0 fully saturated rings. The fourth-order valence-corrected chi connectivity index (χ4v) is 1.69. The van der Waals surface area contributed by atoms with Gasteiger partial charge in [0.25, 0.3) is 0 Å². The summed E-state index contributed by atoms with van der Waals surface area (Å²) >= 11 is 5.75. The van der Waals surface area contributed by atoms with E-state index in [4.69, 9.17) is 16.7 Å². The molecular formula is C10H11ClO2. The molecule has 70 valence electrons. The molecule has 0 saturated heterocycles. The lowest BCUT2D eigenvalue weighted by molar-refractivity contribution is -0.136. The second-order valence-corrected chi connectivity index (χ2v) is 3.44. The number of benzene rings is 1. The van der Waals surface area contributed by atoms with E-state index < -0.39 is 11.3 Å². The van der Waals surface area contributed by atoms with Crippen LogP contribution in [0.3, 0.4) is 0 Å². The predicted molar refractivity (Wildman–Crippen MR) is 52.1 cm³/mol. The summed E-state index contributed by atoms with van der Waals surface area (Å²) in [5, 5.41) is 7.81. The molecule has 0 aliphatic heterocycles. The summed E-state index contributed by atoms with van der Waals surface area (Å²) in [7, 11) is 0. The normalized spacial score (nSPS) is 12.5. The molecule has 1 aromatic rings. The van der Waals surface area contributed by atoms with Crippen LogP contribution in [0.5, 0.6) is 0 Å². The van der Waals surface area contributed by atoms with Crippen molar-refractivity contribution in [2.24, 2.45) is 0 Å². The molecular weight excluding hydrogens is 188 g/mol. The van der Waals surface area contributed by atoms with Crippen LogP contribution >= 0.6 is 11.6 Å². The molecule has 1 atom stereocenters. The number of carboxylic acid groups (broad SMARTS) is 1. The number of aryl methyl sites for hydroxylation is 2. The van der Waals surface area contributed by atoms with Crippen molar-refractivity contribution in [1.29, 1.82) is 0 Å². The van der Waals surface area contributed by atoms with Gasteiger partial charge in [0.1, 0.15) is 0 Å². The quantitative estimate of drug-likeness (QED) is 0.742. The van der Waals surface area contributed by atoms with E-state index in [1.165, 1.54) is 0 Å². The van der Waals surface area contributed by atoms with E-state index in [0.29, 0.717) is 5.56 Å². The highest BCUT2D eigenvalue weighted by Gasteiger charge is 2.19. The van der Waals surface area contributed by atoms with E-state index in [1.54, 1.807) is 0 Å². The molecule has 0 spiro atoms. The molecule has 0 saturated carbocycles. The number of carbonyl (C=O) groups is 1. The maximum atomic E-state index is 10.7. The number of carboxylic acids is 1. The Morgan fingerprint density at radius 1 is 1.38 bits per heavy atom. The van der Waals surface area contributed by atoms with Gasteiger partial charge < -0.3 is 5.11 Å². The summed E-state index contributed by atoms with van der Waals surface area (Å²) < 4.78 is 0. The summed E-state index contributed by atoms with van der Waals surface area (Å²) in [5.74, 6) is -1.00. The van der Waals surface area contributed by atoms with Crippen LogP contribution in [0.1, 0.15) is 22.1 Å². The second-order valence-electron chi connectivity index (χ2n) is 3.01. The molecule has 1 rings (SSSR count). The van der Waals surface area contributed by atoms with E-state index in [1.807, 2.05) is 32.0 Å². The fraction of sp³-hybridized carbons (Fsp3) is 0.300. The van der Waals surface area contributed by atoms with Crippen LogP contribution in [-0.4, -0.2) is 11.1 Å². The van der Waals surface area contributed by atoms with Gasteiger partial charge in [-0.1, -0.05) is 18.2 Å². The first-order valence-corrected chi connectivity index (χ1v) is 4.40. The van der Waals surface area contributed by atoms with Crippen LogP contribution in [0, 0.1) is 13.8 Å². The minimum Gasteiger partial charge on any atom is -0.480 e. The van der Waals surface area contributed by atoms with E-state index in [2.05, 4.69) is 0 Å². The zero-order valence-corrected chi connectivity index (χ0v) is 8.30. The van der Waals surface area contributed by atoms with Crippen LogP contribution in [0.25, 0.3) is 0 Å². The molecule has 13 heavy (non-hydrogen) atoms. The van der Waals surface area contributed by atoms with E-state index in [9.17, 15) is 4.79 Å². The Morgan fingerprint density at radius 2 is 1.85 bits per heavy atom. The molecule has 1 aromatic carbocycles. The highest BCUT2D eigenvalue weighted by atomic mass is 35.5. The first-order chi connectivity index (χ1) is 6.04. The van der Waals surface area contributed by atoms with Gasteiger partial charge in [-0.15, -0.1) is 11.6 Å². The molecule has 0 aliphatic rings. The van der Waals surface area contributed by atoms with Crippen molar-refractivity contribution in [2.45, 2.75) is 19.2 Å². The number of aliphatic carboxylic acids is 1. The number of hydrogen-bond acceptors (Lipinski definition) is 1. The molecule has 1 N–H and O–H groups in total. The number of halogens is 1. The van der Waals surface area contributed by atoms with Gasteiger partial charge in [0.15, 0.2) is 5.38 Å². The summed E-state index contributed by atoms with van der Waals surface area (Å²) in [6.45, 7) is 3.72. The predicted octanol–water partition coefficient (Wildman–Crippen LogP) is 2.67. The van der Waals surface area contributed by atoms with Gasteiger partial charge in [0, 0.05) is 0 Å². The molecule has 0 heterocycles. The lowest BCUT2D eigenvalue weighted by Gasteiger charge is -2.11. The Kier molecular flexibility index (Phi) is 2.94. The lowest BCUT2D eigenvalue weighted by atomic mass is 10.00. The molecule has 0 radical (unpaired) electrons. The average molecular weight is 199 g/mol. The van der Waals surface area contributed by atoms with Gasteiger partial charge in [-0.25, -0.2) is 0 Å². The smallest absolute Gasteiger partial charge is 0.326 e. The average Bonchev–Trinajstić information content (AvgIpc) is 2.03. The minimum atomic E-state index is -1.00. The van der Waals surface area contributed by atoms with E-state index in [-0.39, 0.29) is 0 Å². The topological polar surface area (TPSA) is 37.3 Å². The maximum Gasteiger partial charge on any atom is 0.326 e. The molecule has 0 aromatic heterocycles.